The van der Waals surface area contributed by atoms with Crippen molar-refractivity contribution in [2.75, 3.05) is 6.54 Å². The van der Waals surface area contributed by atoms with E-state index in [9.17, 15) is 4.39 Å². The van der Waals surface area contributed by atoms with Gasteiger partial charge in [0.05, 0.1) is 6.04 Å². The Kier molecular flexibility index (Phi) is 4.14. The van der Waals surface area contributed by atoms with Gasteiger partial charge in [-0.25, -0.2) is 4.39 Å². The zero-order valence-corrected chi connectivity index (χ0v) is 13.5. The smallest absolute Gasteiger partial charge is 0.123 e. The van der Waals surface area contributed by atoms with E-state index in [1.807, 2.05) is 18.2 Å². The summed E-state index contributed by atoms with van der Waals surface area (Å²) in [5.41, 5.74) is 5.20. The van der Waals surface area contributed by atoms with Crippen molar-refractivity contribution in [2.45, 2.75) is 19.0 Å². The molecule has 0 fully saturated rings. The summed E-state index contributed by atoms with van der Waals surface area (Å²) in [6.07, 6.45) is 1.06. The quantitative estimate of drug-likeness (QED) is 0.659. The van der Waals surface area contributed by atoms with E-state index in [2.05, 4.69) is 53.4 Å². The maximum Gasteiger partial charge on any atom is 0.123 e. The normalized spacial score (nSPS) is 17.5. The lowest BCUT2D eigenvalue weighted by Crippen LogP contribution is -2.35. The van der Waals surface area contributed by atoms with Gasteiger partial charge in [-0.3, -0.25) is 4.90 Å². The van der Waals surface area contributed by atoms with Gasteiger partial charge in [-0.15, -0.1) is 0 Å². The molecule has 0 aromatic heterocycles. The number of fused-ring (bicyclic) bond motifs is 1. The van der Waals surface area contributed by atoms with Crippen LogP contribution in [0.2, 0.25) is 0 Å². The fraction of sp³-hybridized carbons (Fsp3) is 0.182. The van der Waals surface area contributed by atoms with Crippen LogP contribution < -0.4 is 0 Å². The molecule has 1 atom stereocenters. The minimum atomic E-state index is -0.183. The fourth-order valence-corrected chi connectivity index (χ4v) is 3.64. The van der Waals surface area contributed by atoms with E-state index in [1.165, 1.54) is 16.7 Å². The summed E-state index contributed by atoms with van der Waals surface area (Å²) in [4.78, 5) is 2.49. The van der Waals surface area contributed by atoms with Crippen LogP contribution >= 0.6 is 0 Å². The SMILES string of the molecule is Fc1ccc(C2c3ccccc3CCN2Cc2ccccc2)cc1. The first kappa shape index (κ1) is 15.1. The third-order valence-electron chi connectivity index (χ3n) is 4.80. The van der Waals surface area contributed by atoms with Crippen LogP contribution in [-0.2, 0) is 13.0 Å². The second-order valence-corrected chi connectivity index (χ2v) is 6.36. The average molecular weight is 317 g/mol. The minimum absolute atomic E-state index is 0.177. The molecule has 1 heterocycles. The van der Waals surface area contributed by atoms with Crippen LogP contribution in [0, 0.1) is 5.82 Å². The molecule has 120 valence electrons. The minimum Gasteiger partial charge on any atom is -0.288 e. The number of benzene rings is 3. The zero-order chi connectivity index (χ0) is 16.4. The lowest BCUT2D eigenvalue weighted by molar-refractivity contribution is 0.204. The van der Waals surface area contributed by atoms with Gasteiger partial charge in [0, 0.05) is 13.1 Å². The highest BCUT2D eigenvalue weighted by atomic mass is 19.1. The van der Waals surface area contributed by atoms with Crippen LogP contribution in [0.25, 0.3) is 0 Å². The molecule has 1 unspecified atom stereocenters. The topological polar surface area (TPSA) is 3.24 Å². The number of halogens is 1. The standard InChI is InChI=1S/C22H20FN/c23-20-12-10-19(11-13-20)22-21-9-5-4-8-18(21)14-15-24(22)16-17-6-2-1-3-7-17/h1-13,22H,14-16H2. The third-order valence-corrected chi connectivity index (χ3v) is 4.80. The molecule has 3 aromatic rings. The largest absolute Gasteiger partial charge is 0.288 e. The molecule has 1 nitrogen and oxygen atoms in total. The van der Waals surface area contributed by atoms with E-state index < -0.39 is 0 Å². The van der Waals surface area contributed by atoms with Crippen LogP contribution in [0.5, 0.6) is 0 Å². The second kappa shape index (κ2) is 6.58. The van der Waals surface area contributed by atoms with Crippen molar-refractivity contribution in [2.24, 2.45) is 0 Å². The van der Waals surface area contributed by atoms with E-state index >= 15 is 0 Å². The lowest BCUT2D eigenvalue weighted by Gasteiger charge is -2.38. The highest BCUT2D eigenvalue weighted by Gasteiger charge is 2.28. The third kappa shape index (κ3) is 2.98. The monoisotopic (exact) mass is 317 g/mol. The molecular weight excluding hydrogens is 297 g/mol. The summed E-state index contributed by atoms with van der Waals surface area (Å²) in [6, 6.07) is 26.3. The average Bonchev–Trinajstić information content (AvgIpc) is 2.63. The van der Waals surface area contributed by atoms with Crippen molar-refractivity contribution in [1.29, 1.82) is 0 Å². The van der Waals surface area contributed by atoms with Crippen LogP contribution in [0.1, 0.15) is 28.3 Å². The highest BCUT2D eigenvalue weighted by Crippen LogP contribution is 2.36. The molecule has 2 heteroatoms. The predicted octanol–water partition coefficient (Wildman–Crippen LogP) is 4.97. The predicted molar refractivity (Wildman–Crippen MR) is 95.2 cm³/mol. The van der Waals surface area contributed by atoms with Crippen molar-refractivity contribution < 1.29 is 4.39 Å². The molecule has 24 heavy (non-hydrogen) atoms. The van der Waals surface area contributed by atoms with Gasteiger partial charge < -0.3 is 0 Å². The summed E-state index contributed by atoms with van der Waals surface area (Å²) < 4.78 is 13.4. The summed E-state index contributed by atoms with van der Waals surface area (Å²) in [5.74, 6) is -0.183. The summed E-state index contributed by atoms with van der Waals surface area (Å²) >= 11 is 0. The molecule has 1 aliphatic rings. The van der Waals surface area contributed by atoms with Crippen molar-refractivity contribution in [3.8, 4) is 0 Å². The summed E-state index contributed by atoms with van der Waals surface area (Å²) in [6.45, 7) is 1.91. The van der Waals surface area contributed by atoms with E-state index in [0.717, 1.165) is 25.1 Å². The van der Waals surface area contributed by atoms with Crippen LogP contribution in [0.3, 0.4) is 0 Å². The molecule has 0 bridgehead atoms. The zero-order valence-electron chi connectivity index (χ0n) is 13.5. The summed E-state index contributed by atoms with van der Waals surface area (Å²) in [7, 11) is 0. The van der Waals surface area contributed by atoms with Gasteiger partial charge in [0.1, 0.15) is 5.82 Å². The number of rotatable bonds is 3. The van der Waals surface area contributed by atoms with Crippen LogP contribution in [0.15, 0.2) is 78.9 Å². The van der Waals surface area contributed by atoms with Gasteiger partial charge in [0.15, 0.2) is 0 Å². The molecule has 0 amide bonds. The Bertz CT molecular complexity index is 811. The van der Waals surface area contributed by atoms with Crippen molar-refractivity contribution >= 4 is 0 Å². The fourth-order valence-electron chi connectivity index (χ4n) is 3.64. The Labute approximate surface area is 142 Å². The van der Waals surface area contributed by atoms with E-state index in [4.69, 9.17) is 0 Å². The van der Waals surface area contributed by atoms with Crippen molar-refractivity contribution in [3.05, 3.63) is 107 Å². The molecule has 1 aliphatic heterocycles. The Morgan fingerprint density at radius 2 is 1.54 bits per heavy atom. The van der Waals surface area contributed by atoms with Gasteiger partial charge in [0.25, 0.3) is 0 Å². The summed E-state index contributed by atoms with van der Waals surface area (Å²) in [5, 5.41) is 0. The second-order valence-electron chi connectivity index (χ2n) is 6.36. The van der Waals surface area contributed by atoms with Gasteiger partial charge in [-0.2, -0.15) is 0 Å². The van der Waals surface area contributed by atoms with Crippen molar-refractivity contribution in [1.82, 2.24) is 4.90 Å². The number of hydrogen-bond donors (Lipinski definition) is 0. The Balaban J connectivity index is 1.74. The van der Waals surface area contributed by atoms with Gasteiger partial charge >= 0.3 is 0 Å². The van der Waals surface area contributed by atoms with Gasteiger partial charge in [0.2, 0.25) is 0 Å². The Morgan fingerprint density at radius 3 is 2.33 bits per heavy atom. The number of hydrogen-bond acceptors (Lipinski definition) is 1. The van der Waals surface area contributed by atoms with Crippen molar-refractivity contribution in [3.63, 3.8) is 0 Å². The maximum atomic E-state index is 13.4. The van der Waals surface area contributed by atoms with Crippen LogP contribution in [-0.4, -0.2) is 11.4 Å². The first-order valence-electron chi connectivity index (χ1n) is 8.42. The first-order chi connectivity index (χ1) is 11.8. The molecule has 0 N–H and O–H groups in total. The Morgan fingerprint density at radius 1 is 0.833 bits per heavy atom. The van der Waals surface area contributed by atoms with E-state index in [-0.39, 0.29) is 11.9 Å². The lowest BCUT2D eigenvalue weighted by atomic mass is 9.88. The molecule has 0 spiro atoms. The molecule has 0 aliphatic carbocycles. The van der Waals surface area contributed by atoms with Gasteiger partial charge in [-0.05, 0) is 40.8 Å². The molecule has 0 saturated heterocycles. The maximum absolute atomic E-state index is 13.4. The van der Waals surface area contributed by atoms with E-state index in [0.29, 0.717) is 0 Å². The number of nitrogens with zero attached hydrogens (tertiary/aromatic N) is 1. The molecular formula is C22H20FN. The highest BCUT2D eigenvalue weighted by molar-refractivity contribution is 5.40. The molecule has 0 radical (unpaired) electrons. The molecule has 4 rings (SSSR count). The molecule has 0 saturated carbocycles. The van der Waals surface area contributed by atoms with Crippen LogP contribution in [0.4, 0.5) is 4.39 Å². The first-order valence-corrected chi connectivity index (χ1v) is 8.42. The Hall–Kier alpha value is -2.45. The van der Waals surface area contributed by atoms with E-state index in [1.54, 1.807) is 12.1 Å². The van der Waals surface area contributed by atoms with Gasteiger partial charge in [-0.1, -0.05) is 66.7 Å². The molecule has 3 aromatic carbocycles.